The molecule has 3 fully saturated rings. The fourth-order valence-electron chi connectivity index (χ4n) is 3.97. The van der Waals surface area contributed by atoms with Crippen LogP contribution in [0.3, 0.4) is 0 Å². The van der Waals surface area contributed by atoms with Crippen LogP contribution < -0.4 is 10.2 Å². The molecule has 3 aliphatic rings. The normalized spacial score (nSPS) is 26.0. The summed E-state index contributed by atoms with van der Waals surface area (Å²) in [6, 6.07) is 0.139. The van der Waals surface area contributed by atoms with E-state index in [4.69, 9.17) is 4.74 Å². The van der Waals surface area contributed by atoms with E-state index >= 15 is 0 Å². The maximum absolute atomic E-state index is 12.7. The fourth-order valence-corrected chi connectivity index (χ4v) is 3.97. The molecule has 0 unspecified atom stereocenters. The number of nitrogens with zero attached hydrogens (tertiary/aromatic N) is 4. The Balaban J connectivity index is 1.49. The Labute approximate surface area is 152 Å². The van der Waals surface area contributed by atoms with Crippen molar-refractivity contribution < 1.29 is 14.3 Å². The van der Waals surface area contributed by atoms with Gasteiger partial charge in [0.2, 0.25) is 5.91 Å². The number of carbonyl (C=O) groups is 2. The second-order valence-corrected chi connectivity index (χ2v) is 7.38. The van der Waals surface area contributed by atoms with Crippen molar-refractivity contribution in [1.82, 2.24) is 20.2 Å². The average Bonchev–Trinajstić information content (AvgIpc) is 3.42. The molecule has 0 bridgehead atoms. The molecular formula is C18H25N5O3. The van der Waals surface area contributed by atoms with E-state index in [2.05, 4.69) is 20.2 Å². The van der Waals surface area contributed by atoms with Crippen molar-refractivity contribution in [3.8, 4) is 0 Å². The van der Waals surface area contributed by atoms with Crippen LogP contribution in [-0.4, -0.2) is 72.1 Å². The molecule has 8 nitrogen and oxygen atoms in total. The molecule has 1 N–H and O–H groups in total. The Morgan fingerprint density at radius 3 is 2.65 bits per heavy atom. The lowest BCUT2D eigenvalue weighted by Gasteiger charge is -2.26. The number of ether oxygens (including phenoxy) is 1. The van der Waals surface area contributed by atoms with Gasteiger partial charge in [-0.1, -0.05) is 0 Å². The molecule has 1 saturated carbocycles. The topological polar surface area (TPSA) is 87.7 Å². The van der Waals surface area contributed by atoms with Gasteiger partial charge in [-0.2, -0.15) is 0 Å². The van der Waals surface area contributed by atoms with Crippen molar-refractivity contribution in [2.24, 2.45) is 11.8 Å². The molecule has 2 amide bonds. The van der Waals surface area contributed by atoms with E-state index in [1.165, 1.54) is 19.0 Å². The Morgan fingerprint density at radius 1 is 1.19 bits per heavy atom. The lowest BCUT2D eigenvalue weighted by atomic mass is 9.98. The van der Waals surface area contributed by atoms with Crippen LogP contribution in [0.4, 0.5) is 5.82 Å². The molecule has 0 radical (unpaired) electrons. The van der Waals surface area contributed by atoms with Crippen LogP contribution in [-0.2, 0) is 9.53 Å². The van der Waals surface area contributed by atoms with Gasteiger partial charge in [-0.25, -0.2) is 4.98 Å². The quantitative estimate of drug-likeness (QED) is 0.832. The summed E-state index contributed by atoms with van der Waals surface area (Å²) in [5, 5.41) is 3.08. The first kappa shape index (κ1) is 17.2. The molecule has 0 spiro atoms. The zero-order valence-electron chi connectivity index (χ0n) is 15.1. The van der Waals surface area contributed by atoms with Gasteiger partial charge in [-0.3, -0.25) is 14.6 Å². The van der Waals surface area contributed by atoms with Crippen LogP contribution in [0.2, 0.25) is 0 Å². The number of nitrogens with one attached hydrogen (secondary N) is 1. The number of hydrogen-bond acceptors (Lipinski definition) is 6. The van der Waals surface area contributed by atoms with Gasteiger partial charge in [-0.05, 0) is 18.8 Å². The third-order valence-corrected chi connectivity index (χ3v) is 5.44. The highest BCUT2D eigenvalue weighted by Gasteiger charge is 2.43. The molecule has 1 aromatic rings. The zero-order chi connectivity index (χ0) is 18.1. The second-order valence-electron chi connectivity index (χ2n) is 7.38. The Morgan fingerprint density at radius 2 is 1.96 bits per heavy atom. The molecule has 0 aromatic carbocycles. The molecule has 1 aliphatic carbocycles. The van der Waals surface area contributed by atoms with Crippen LogP contribution in [0.15, 0.2) is 12.4 Å². The summed E-state index contributed by atoms with van der Waals surface area (Å²) >= 11 is 0. The lowest BCUT2D eigenvalue weighted by molar-refractivity contribution is -0.119. The maximum atomic E-state index is 12.7. The van der Waals surface area contributed by atoms with Gasteiger partial charge >= 0.3 is 0 Å². The lowest BCUT2D eigenvalue weighted by Crippen LogP contribution is -2.41. The van der Waals surface area contributed by atoms with E-state index in [1.54, 1.807) is 18.0 Å². The molecule has 140 valence electrons. The van der Waals surface area contributed by atoms with E-state index in [9.17, 15) is 9.59 Å². The van der Waals surface area contributed by atoms with Crippen molar-refractivity contribution in [1.29, 1.82) is 0 Å². The smallest absolute Gasteiger partial charge is 0.274 e. The molecule has 1 aromatic heterocycles. The highest BCUT2D eigenvalue weighted by molar-refractivity contribution is 5.92. The average molecular weight is 359 g/mol. The first-order valence-corrected chi connectivity index (χ1v) is 9.33. The largest absolute Gasteiger partial charge is 0.378 e. The van der Waals surface area contributed by atoms with Gasteiger partial charge in [-0.15, -0.1) is 0 Å². The number of anilines is 1. The van der Waals surface area contributed by atoms with E-state index in [0.717, 1.165) is 6.54 Å². The van der Waals surface area contributed by atoms with Crippen molar-refractivity contribution in [3.63, 3.8) is 0 Å². The number of morpholine rings is 1. The fraction of sp³-hybridized carbons (Fsp3) is 0.667. The van der Waals surface area contributed by atoms with Gasteiger partial charge in [0.25, 0.3) is 5.91 Å². The van der Waals surface area contributed by atoms with E-state index in [0.29, 0.717) is 56.2 Å². The van der Waals surface area contributed by atoms with Crippen molar-refractivity contribution in [2.45, 2.75) is 25.8 Å². The summed E-state index contributed by atoms with van der Waals surface area (Å²) in [6.45, 7) is 5.42. The SMILES string of the molecule is CC(=O)N[C@@H]1CN(c2cncc(C(=O)N3CCOCC3)n2)C[C@H]1C1CC1. The predicted octanol–water partition coefficient (Wildman–Crippen LogP) is 0.300. The number of hydrogen-bond donors (Lipinski definition) is 1. The van der Waals surface area contributed by atoms with E-state index in [1.807, 2.05) is 0 Å². The van der Waals surface area contributed by atoms with Crippen molar-refractivity contribution in [3.05, 3.63) is 18.1 Å². The highest BCUT2D eigenvalue weighted by Crippen LogP contribution is 2.42. The molecule has 26 heavy (non-hydrogen) atoms. The number of amides is 2. The molecule has 8 heteroatoms. The molecule has 2 aliphatic heterocycles. The highest BCUT2D eigenvalue weighted by atomic mass is 16.5. The van der Waals surface area contributed by atoms with Crippen molar-refractivity contribution >= 4 is 17.6 Å². The van der Waals surface area contributed by atoms with Crippen LogP contribution in [0, 0.1) is 11.8 Å². The summed E-state index contributed by atoms with van der Waals surface area (Å²) < 4.78 is 5.30. The summed E-state index contributed by atoms with van der Waals surface area (Å²) in [7, 11) is 0. The summed E-state index contributed by atoms with van der Waals surface area (Å²) in [4.78, 5) is 36.9. The minimum atomic E-state index is -0.0981. The van der Waals surface area contributed by atoms with Crippen LogP contribution in [0.1, 0.15) is 30.3 Å². The van der Waals surface area contributed by atoms with Crippen LogP contribution >= 0.6 is 0 Å². The minimum Gasteiger partial charge on any atom is -0.378 e. The maximum Gasteiger partial charge on any atom is 0.274 e. The third-order valence-electron chi connectivity index (χ3n) is 5.44. The number of aromatic nitrogens is 2. The molecule has 4 rings (SSSR count). The first-order valence-electron chi connectivity index (χ1n) is 9.33. The van der Waals surface area contributed by atoms with Gasteiger partial charge < -0.3 is 19.9 Å². The first-order chi connectivity index (χ1) is 12.6. The van der Waals surface area contributed by atoms with Crippen LogP contribution in [0.5, 0.6) is 0 Å². The second kappa shape index (κ2) is 7.19. The molecule has 2 atom stereocenters. The van der Waals surface area contributed by atoms with Crippen molar-refractivity contribution in [2.75, 3.05) is 44.3 Å². The standard InChI is InChI=1S/C18H25N5O3/c1-12(24)20-16-11-23(10-14(16)13-2-3-13)17-9-19-8-15(21-17)18(25)22-4-6-26-7-5-22/h8-9,13-14,16H,2-7,10-11H2,1H3,(H,20,24)/t14-,16+/m0/s1. The van der Waals surface area contributed by atoms with Gasteiger partial charge in [0.15, 0.2) is 0 Å². The number of carbonyl (C=O) groups excluding carboxylic acids is 2. The predicted molar refractivity (Wildman–Crippen MR) is 94.8 cm³/mol. The molecule has 3 heterocycles. The third kappa shape index (κ3) is 3.65. The van der Waals surface area contributed by atoms with E-state index in [-0.39, 0.29) is 17.9 Å². The monoisotopic (exact) mass is 359 g/mol. The van der Waals surface area contributed by atoms with Crippen LogP contribution in [0.25, 0.3) is 0 Å². The molecule has 2 saturated heterocycles. The summed E-state index contributed by atoms with van der Waals surface area (Å²) in [5.74, 6) is 1.74. The van der Waals surface area contributed by atoms with E-state index < -0.39 is 0 Å². The summed E-state index contributed by atoms with van der Waals surface area (Å²) in [6.07, 6.45) is 5.70. The zero-order valence-corrected chi connectivity index (χ0v) is 15.1. The summed E-state index contributed by atoms with van der Waals surface area (Å²) in [5.41, 5.74) is 0.371. The van der Waals surface area contributed by atoms with Gasteiger partial charge in [0, 0.05) is 39.0 Å². The Hall–Kier alpha value is -2.22. The Kier molecular flexibility index (Phi) is 4.76. The van der Waals surface area contributed by atoms with Gasteiger partial charge in [0.05, 0.1) is 31.6 Å². The van der Waals surface area contributed by atoms with Gasteiger partial charge in [0.1, 0.15) is 11.5 Å². The Bertz CT molecular complexity index is 687. The minimum absolute atomic E-state index is 0.00447. The molecular weight excluding hydrogens is 334 g/mol. The number of rotatable bonds is 4.